The van der Waals surface area contributed by atoms with Crippen LogP contribution in [0.2, 0.25) is 0 Å². The summed E-state index contributed by atoms with van der Waals surface area (Å²) < 4.78 is 59.8. The van der Waals surface area contributed by atoms with Crippen LogP contribution in [0, 0.1) is 18.6 Å². The van der Waals surface area contributed by atoms with Crippen LogP contribution in [-0.2, 0) is 14.8 Å². The van der Waals surface area contributed by atoms with Gasteiger partial charge in [-0.2, -0.15) is 0 Å². The smallest absolute Gasteiger partial charge is 0.264 e. The first-order valence-electron chi connectivity index (χ1n) is 9.78. The van der Waals surface area contributed by atoms with Crippen molar-refractivity contribution < 1.29 is 26.7 Å². The summed E-state index contributed by atoms with van der Waals surface area (Å²) in [6.07, 6.45) is 0. The molecule has 0 aliphatic carbocycles. The Balaban J connectivity index is 1.67. The molecule has 0 atom stereocenters. The summed E-state index contributed by atoms with van der Waals surface area (Å²) in [7, 11) is -3.74. The quantitative estimate of drug-likeness (QED) is 0.537. The number of halogens is 2. The lowest BCUT2D eigenvalue weighted by atomic mass is 10.2. The maximum absolute atomic E-state index is 13.6. The number of rotatable bonds is 8. The van der Waals surface area contributed by atoms with Gasteiger partial charge < -0.3 is 10.1 Å². The van der Waals surface area contributed by atoms with Gasteiger partial charge in [-0.3, -0.25) is 9.10 Å². The second-order valence-electron chi connectivity index (χ2n) is 6.91. The molecule has 1 amide bonds. The van der Waals surface area contributed by atoms with Crippen LogP contribution in [0.5, 0.6) is 5.75 Å². The number of anilines is 2. The van der Waals surface area contributed by atoms with Gasteiger partial charge in [0.25, 0.3) is 15.9 Å². The number of benzene rings is 3. The fourth-order valence-corrected chi connectivity index (χ4v) is 4.45. The fourth-order valence-electron chi connectivity index (χ4n) is 2.98. The number of hydrogen-bond acceptors (Lipinski definition) is 4. The Labute approximate surface area is 185 Å². The number of nitrogens with one attached hydrogen (secondary N) is 1. The fraction of sp³-hybridized carbons (Fsp3) is 0.174. The molecule has 3 aromatic rings. The Bertz CT molecular complexity index is 1180. The van der Waals surface area contributed by atoms with Crippen molar-refractivity contribution in [2.24, 2.45) is 0 Å². The van der Waals surface area contributed by atoms with Gasteiger partial charge in [0.2, 0.25) is 0 Å². The topological polar surface area (TPSA) is 75.7 Å². The van der Waals surface area contributed by atoms with Crippen molar-refractivity contribution in [3.63, 3.8) is 0 Å². The molecule has 0 radical (unpaired) electrons. The highest BCUT2D eigenvalue weighted by Crippen LogP contribution is 2.26. The van der Waals surface area contributed by atoms with Crippen molar-refractivity contribution in [3.8, 4) is 5.75 Å². The molecule has 0 saturated heterocycles. The van der Waals surface area contributed by atoms with Crippen molar-refractivity contribution in [1.82, 2.24) is 0 Å². The van der Waals surface area contributed by atoms with Crippen LogP contribution in [0.4, 0.5) is 20.2 Å². The number of carbonyl (C=O) groups excluding carboxylic acids is 1. The third-order valence-electron chi connectivity index (χ3n) is 4.62. The molecule has 3 aromatic carbocycles. The average Bonchev–Trinajstić information content (AvgIpc) is 2.76. The molecule has 0 bridgehead atoms. The second kappa shape index (κ2) is 9.78. The minimum atomic E-state index is -3.74. The molecule has 9 heteroatoms. The van der Waals surface area contributed by atoms with E-state index in [9.17, 15) is 22.0 Å². The summed E-state index contributed by atoms with van der Waals surface area (Å²) in [5.41, 5.74) is 0.838. The van der Waals surface area contributed by atoms with Gasteiger partial charge in [0.15, 0.2) is 6.61 Å². The van der Waals surface area contributed by atoms with Crippen molar-refractivity contribution in [3.05, 3.63) is 83.9 Å². The second-order valence-corrected chi connectivity index (χ2v) is 8.77. The van der Waals surface area contributed by atoms with Gasteiger partial charge in [0.1, 0.15) is 23.1 Å². The van der Waals surface area contributed by atoms with Gasteiger partial charge >= 0.3 is 0 Å². The van der Waals surface area contributed by atoms with Gasteiger partial charge in [-0.25, -0.2) is 17.2 Å². The minimum Gasteiger partial charge on any atom is -0.484 e. The van der Waals surface area contributed by atoms with Crippen LogP contribution in [-0.4, -0.2) is 27.5 Å². The zero-order valence-electron chi connectivity index (χ0n) is 17.5. The van der Waals surface area contributed by atoms with E-state index in [4.69, 9.17) is 4.74 Å². The highest BCUT2D eigenvalue weighted by atomic mass is 32.2. The molecule has 0 spiro atoms. The summed E-state index contributed by atoms with van der Waals surface area (Å²) in [5.74, 6) is -2.23. The molecule has 3 rings (SSSR count). The predicted molar refractivity (Wildman–Crippen MR) is 118 cm³/mol. The number of ether oxygens (including phenoxy) is 1. The van der Waals surface area contributed by atoms with E-state index in [1.807, 2.05) is 6.92 Å². The van der Waals surface area contributed by atoms with Gasteiger partial charge in [-0.05, 0) is 62.4 Å². The maximum Gasteiger partial charge on any atom is 0.264 e. The van der Waals surface area contributed by atoms with Crippen molar-refractivity contribution in [1.29, 1.82) is 0 Å². The molecule has 0 aliphatic heterocycles. The van der Waals surface area contributed by atoms with Crippen LogP contribution >= 0.6 is 0 Å². The molecule has 0 unspecified atom stereocenters. The summed E-state index contributed by atoms with van der Waals surface area (Å²) in [6, 6.07) is 16.0. The third kappa shape index (κ3) is 5.23. The molecule has 0 heterocycles. The molecule has 0 fully saturated rings. The molecule has 6 nitrogen and oxygen atoms in total. The van der Waals surface area contributed by atoms with E-state index in [0.29, 0.717) is 11.4 Å². The van der Waals surface area contributed by atoms with E-state index in [2.05, 4.69) is 5.32 Å². The zero-order chi connectivity index (χ0) is 23.3. The Morgan fingerprint density at radius 2 is 1.56 bits per heavy atom. The van der Waals surface area contributed by atoms with Crippen LogP contribution in [0.1, 0.15) is 12.5 Å². The van der Waals surface area contributed by atoms with Crippen LogP contribution in [0.15, 0.2) is 71.6 Å². The normalized spacial score (nSPS) is 11.1. The Morgan fingerprint density at radius 1 is 0.969 bits per heavy atom. The number of amides is 1. The highest BCUT2D eigenvalue weighted by Gasteiger charge is 2.23. The monoisotopic (exact) mass is 460 g/mol. The van der Waals surface area contributed by atoms with E-state index in [1.54, 1.807) is 43.3 Å². The largest absolute Gasteiger partial charge is 0.484 e. The predicted octanol–water partition coefficient (Wildman–Crippen LogP) is 4.51. The zero-order valence-corrected chi connectivity index (χ0v) is 18.3. The molecule has 168 valence electrons. The number of hydrogen-bond donors (Lipinski definition) is 1. The number of nitrogens with zero attached hydrogens (tertiary/aromatic N) is 1. The van der Waals surface area contributed by atoms with E-state index in [-0.39, 0.29) is 11.4 Å². The highest BCUT2D eigenvalue weighted by molar-refractivity contribution is 7.92. The van der Waals surface area contributed by atoms with Gasteiger partial charge in [0, 0.05) is 6.54 Å². The van der Waals surface area contributed by atoms with E-state index < -0.39 is 39.9 Å². The first kappa shape index (κ1) is 23.2. The molecule has 32 heavy (non-hydrogen) atoms. The SMILES string of the molecule is CCN(c1ccc(OCC(=O)Nc2c(F)cccc2F)cc1)S(=O)(=O)c1ccc(C)cc1. The van der Waals surface area contributed by atoms with Crippen LogP contribution < -0.4 is 14.4 Å². The third-order valence-corrected chi connectivity index (χ3v) is 6.54. The van der Waals surface area contributed by atoms with E-state index in [0.717, 1.165) is 17.7 Å². The van der Waals surface area contributed by atoms with Gasteiger partial charge in [-0.15, -0.1) is 0 Å². The summed E-state index contributed by atoms with van der Waals surface area (Å²) >= 11 is 0. The van der Waals surface area contributed by atoms with Crippen LogP contribution in [0.25, 0.3) is 0 Å². The van der Waals surface area contributed by atoms with Gasteiger partial charge in [-0.1, -0.05) is 23.8 Å². The minimum absolute atomic E-state index is 0.183. The number of sulfonamides is 1. The number of aryl methyl sites for hydroxylation is 1. The molecular weight excluding hydrogens is 438 g/mol. The average molecular weight is 461 g/mol. The number of carbonyl (C=O) groups is 1. The van der Waals surface area contributed by atoms with Crippen LogP contribution in [0.3, 0.4) is 0 Å². The van der Waals surface area contributed by atoms with Crippen molar-refractivity contribution in [2.75, 3.05) is 22.8 Å². The lowest BCUT2D eigenvalue weighted by molar-refractivity contribution is -0.118. The molecule has 0 saturated carbocycles. The Kier molecular flexibility index (Phi) is 7.09. The number of para-hydroxylation sites is 1. The van der Waals surface area contributed by atoms with E-state index in [1.165, 1.54) is 22.5 Å². The van der Waals surface area contributed by atoms with Crippen molar-refractivity contribution in [2.45, 2.75) is 18.7 Å². The summed E-state index contributed by atoms with van der Waals surface area (Å²) in [4.78, 5) is 12.1. The lowest BCUT2D eigenvalue weighted by Crippen LogP contribution is -2.30. The first-order valence-corrected chi connectivity index (χ1v) is 11.2. The van der Waals surface area contributed by atoms with Crippen molar-refractivity contribution >= 4 is 27.3 Å². The summed E-state index contributed by atoms with van der Waals surface area (Å²) in [5, 5.41) is 2.13. The maximum atomic E-state index is 13.6. The van der Waals surface area contributed by atoms with E-state index >= 15 is 0 Å². The lowest BCUT2D eigenvalue weighted by Gasteiger charge is -2.23. The first-order chi connectivity index (χ1) is 15.2. The molecular formula is C23H22F2N2O4S. The standard InChI is InChI=1S/C23H22F2N2O4S/c1-3-27(32(29,30)19-13-7-16(2)8-14-19)17-9-11-18(12-10-17)31-15-22(28)26-23-20(24)5-4-6-21(23)25/h4-14H,3,15H2,1-2H3,(H,26,28). The van der Waals surface area contributed by atoms with Gasteiger partial charge in [0.05, 0.1) is 10.6 Å². The molecule has 0 aliphatic rings. The Hall–Kier alpha value is -3.46. The molecule has 0 aromatic heterocycles. The summed E-state index contributed by atoms with van der Waals surface area (Å²) in [6.45, 7) is 3.33. The Morgan fingerprint density at radius 3 is 2.12 bits per heavy atom. The molecule has 1 N–H and O–H groups in total.